The number of aromatic nitrogens is 2. The summed E-state index contributed by atoms with van der Waals surface area (Å²) in [4.78, 5) is 25.8. The molecule has 0 radical (unpaired) electrons. The second kappa shape index (κ2) is 10.8. The van der Waals surface area contributed by atoms with Crippen LogP contribution in [0.2, 0.25) is 0 Å². The van der Waals surface area contributed by atoms with Crippen molar-refractivity contribution in [2.24, 2.45) is 7.05 Å². The van der Waals surface area contributed by atoms with Crippen molar-refractivity contribution in [3.63, 3.8) is 0 Å². The minimum atomic E-state index is -1.09. The molecule has 0 bridgehead atoms. The number of hydrogen-bond acceptors (Lipinski definition) is 8. The highest BCUT2D eigenvalue weighted by molar-refractivity contribution is 6.11. The van der Waals surface area contributed by atoms with Crippen LogP contribution in [0.3, 0.4) is 0 Å². The van der Waals surface area contributed by atoms with E-state index in [0.29, 0.717) is 24.2 Å². The lowest BCUT2D eigenvalue weighted by molar-refractivity contribution is 0.0907. The van der Waals surface area contributed by atoms with Crippen LogP contribution in [0.1, 0.15) is 38.1 Å². The number of phenols is 1. The molecule has 1 aliphatic rings. The molecule has 1 fully saturated rings. The molecule has 0 saturated carbocycles. The van der Waals surface area contributed by atoms with Crippen molar-refractivity contribution >= 4 is 22.6 Å². The lowest BCUT2D eigenvalue weighted by Gasteiger charge is -2.24. The quantitative estimate of drug-likeness (QED) is 0.171. The van der Waals surface area contributed by atoms with Crippen LogP contribution in [0.4, 0.5) is 4.39 Å². The number of ketones is 1. The van der Waals surface area contributed by atoms with Crippen LogP contribution < -0.4 is 20.7 Å². The van der Waals surface area contributed by atoms with Gasteiger partial charge in [-0.3, -0.25) is 19.6 Å². The van der Waals surface area contributed by atoms with E-state index in [1.807, 2.05) is 13.1 Å². The number of carbonyl (C=O) groups is 2. The normalized spacial score (nSPS) is 17.7. The molecule has 3 aromatic carbocycles. The van der Waals surface area contributed by atoms with Crippen LogP contribution in [-0.2, 0) is 7.05 Å². The second-order valence-electron chi connectivity index (χ2n) is 9.38. The van der Waals surface area contributed by atoms with Gasteiger partial charge in [0.1, 0.15) is 17.5 Å². The SMILES string of the molecule is COc1ccc(O)c(C(=O)c2ccc(C(O)N[C@@H]3CNC[C@H]3NC(=O)c3ccc4c(cnn4C)c3)cc2)c1F. The number of nitrogens with zero attached hydrogens (tertiary/aromatic N) is 2. The molecule has 0 spiro atoms. The molecule has 5 rings (SSSR count). The first kappa shape index (κ1) is 26.3. The fraction of sp³-hybridized carbons (Fsp3) is 0.250. The van der Waals surface area contributed by atoms with Crippen LogP contribution in [0.25, 0.3) is 10.9 Å². The molecular weight excluding hydrogens is 505 g/mol. The molecule has 11 heteroatoms. The van der Waals surface area contributed by atoms with Crippen LogP contribution >= 0.6 is 0 Å². The number of rotatable bonds is 8. The van der Waals surface area contributed by atoms with Crippen LogP contribution in [0.15, 0.2) is 60.8 Å². The largest absolute Gasteiger partial charge is 0.507 e. The molecule has 202 valence electrons. The zero-order valence-electron chi connectivity index (χ0n) is 21.3. The van der Waals surface area contributed by atoms with E-state index in [-0.39, 0.29) is 29.3 Å². The summed E-state index contributed by atoms with van der Waals surface area (Å²) >= 11 is 0. The molecule has 0 aliphatic carbocycles. The number of methoxy groups -OCH3 is 1. The average Bonchev–Trinajstić information content (AvgIpc) is 3.54. The van der Waals surface area contributed by atoms with E-state index in [1.54, 1.807) is 35.1 Å². The summed E-state index contributed by atoms with van der Waals surface area (Å²) in [5.41, 5.74) is 1.56. The summed E-state index contributed by atoms with van der Waals surface area (Å²) in [5.74, 6) is -2.55. The predicted molar refractivity (Wildman–Crippen MR) is 141 cm³/mol. The van der Waals surface area contributed by atoms with E-state index in [0.717, 1.165) is 10.9 Å². The molecule has 4 aromatic rings. The van der Waals surface area contributed by atoms with Gasteiger partial charge < -0.3 is 25.6 Å². The van der Waals surface area contributed by atoms with E-state index in [1.165, 1.54) is 31.4 Å². The summed E-state index contributed by atoms with van der Waals surface area (Å²) in [6, 6.07) is 13.2. The Bertz CT molecular complexity index is 1540. The van der Waals surface area contributed by atoms with Crippen LogP contribution in [-0.4, -0.2) is 64.0 Å². The highest BCUT2D eigenvalue weighted by atomic mass is 19.1. The Morgan fingerprint density at radius 3 is 2.56 bits per heavy atom. The molecule has 2 heterocycles. The van der Waals surface area contributed by atoms with Gasteiger partial charge in [0.15, 0.2) is 17.3 Å². The number of aromatic hydroxyl groups is 1. The molecule has 3 atom stereocenters. The fourth-order valence-corrected chi connectivity index (χ4v) is 4.74. The van der Waals surface area contributed by atoms with Crippen molar-refractivity contribution in [1.82, 2.24) is 25.7 Å². The first-order valence-corrected chi connectivity index (χ1v) is 12.3. The monoisotopic (exact) mass is 533 g/mol. The second-order valence-corrected chi connectivity index (χ2v) is 9.38. The number of amides is 1. The van der Waals surface area contributed by atoms with Gasteiger partial charge >= 0.3 is 0 Å². The highest BCUT2D eigenvalue weighted by Crippen LogP contribution is 2.30. The molecule has 39 heavy (non-hydrogen) atoms. The third-order valence-electron chi connectivity index (χ3n) is 6.93. The molecule has 10 nitrogen and oxygen atoms in total. The Morgan fingerprint density at radius 1 is 1.10 bits per heavy atom. The third-order valence-corrected chi connectivity index (χ3v) is 6.93. The molecule has 1 saturated heterocycles. The molecule has 1 unspecified atom stereocenters. The molecular formula is C28H28FN5O5. The maximum Gasteiger partial charge on any atom is 0.251 e. The summed E-state index contributed by atoms with van der Waals surface area (Å²) in [6.07, 6.45) is 0.616. The van der Waals surface area contributed by atoms with Crippen LogP contribution in [0.5, 0.6) is 11.5 Å². The number of nitrogens with one attached hydrogen (secondary N) is 3. The van der Waals surface area contributed by atoms with E-state index in [4.69, 9.17) is 4.74 Å². The van der Waals surface area contributed by atoms with E-state index >= 15 is 0 Å². The Balaban J connectivity index is 1.24. The highest BCUT2D eigenvalue weighted by Gasteiger charge is 2.30. The molecule has 1 amide bonds. The van der Waals surface area contributed by atoms with Gasteiger partial charge in [0.25, 0.3) is 5.91 Å². The number of ether oxygens (including phenoxy) is 1. The van der Waals surface area contributed by atoms with Crippen molar-refractivity contribution in [2.45, 2.75) is 18.3 Å². The van der Waals surface area contributed by atoms with Gasteiger partial charge in [-0.25, -0.2) is 4.39 Å². The number of benzene rings is 3. The molecule has 1 aromatic heterocycles. The number of aryl methyl sites for hydroxylation is 1. The van der Waals surface area contributed by atoms with Gasteiger partial charge in [-0.15, -0.1) is 0 Å². The third kappa shape index (κ3) is 5.19. The summed E-state index contributed by atoms with van der Waals surface area (Å²) in [5, 5.41) is 35.3. The number of phenolic OH excluding ortho intramolecular Hbond substituents is 1. The standard InChI is InChI=1S/C28H28FN5O5/c1-34-21-8-7-17(11-18(21)12-31-34)28(38)33-20-14-30-13-19(20)32-27(37)16-5-3-15(4-6-16)26(36)24-22(35)9-10-23(39-2)25(24)29/h3-12,19-20,27,30,32,35,37H,13-14H2,1-2H3,(H,33,38)/t19-,20-,27?/m1/s1. The van der Waals surface area contributed by atoms with Crippen molar-refractivity contribution < 1.29 is 28.9 Å². The topological polar surface area (TPSA) is 138 Å². The Kier molecular flexibility index (Phi) is 7.29. The molecule has 5 N–H and O–H groups in total. The number of aliphatic hydroxyl groups excluding tert-OH is 1. The number of carbonyl (C=O) groups excluding carboxylic acids is 2. The number of aliphatic hydroxyl groups is 1. The zero-order valence-corrected chi connectivity index (χ0v) is 21.3. The van der Waals surface area contributed by atoms with Gasteiger partial charge in [0, 0.05) is 42.7 Å². The predicted octanol–water partition coefficient (Wildman–Crippen LogP) is 2.01. The number of halogens is 1. The van der Waals surface area contributed by atoms with E-state index < -0.39 is 29.1 Å². The maximum atomic E-state index is 14.6. The first-order valence-electron chi connectivity index (χ1n) is 12.3. The van der Waals surface area contributed by atoms with Crippen molar-refractivity contribution in [3.8, 4) is 11.5 Å². The number of fused-ring (bicyclic) bond motifs is 1. The first-order chi connectivity index (χ1) is 18.8. The van der Waals surface area contributed by atoms with Crippen molar-refractivity contribution in [1.29, 1.82) is 0 Å². The summed E-state index contributed by atoms with van der Waals surface area (Å²) in [6.45, 7) is 1.04. The van der Waals surface area contributed by atoms with Gasteiger partial charge in [-0.05, 0) is 35.9 Å². The van der Waals surface area contributed by atoms with Gasteiger partial charge in [0.2, 0.25) is 0 Å². The number of hydrogen-bond donors (Lipinski definition) is 5. The Morgan fingerprint density at radius 2 is 1.82 bits per heavy atom. The van der Waals surface area contributed by atoms with Crippen LogP contribution in [0, 0.1) is 5.82 Å². The van der Waals surface area contributed by atoms with E-state index in [9.17, 15) is 24.2 Å². The summed E-state index contributed by atoms with van der Waals surface area (Å²) in [7, 11) is 3.11. The average molecular weight is 534 g/mol. The molecule has 1 aliphatic heterocycles. The van der Waals surface area contributed by atoms with E-state index in [2.05, 4.69) is 21.0 Å². The smallest absolute Gasteiger partial charge is 0.251 e. The van der Waals surface area contributed by atoms with Crippen molar-refractivity contribution in [3.05, 3.63) is 88.9 Å². The van der Waals surface area contributed by atoms with Gasteiger partial charge in [-0.2, -0.15) is 5.10 Å². The van der Waals surface area contributed by atoms with Gasteiger partial charge in [0.05, 0.1) is 24.9 Å². The lowest BCUT2D eigenvalue weighted by atomic mass is 9.99. The lowest BCUT2D eigenvalue weighted by Crippen LogP contribution is -2.50. The Labute approximate surface area is 223 Å². The Hall–Kier alpha value is -4.32. The van der Waals surface area contributed by atoms with Gasteiger partial charge in [-0.1, -0.05) is 24.3 Å². The minimum absolute atomic E-state index is 0.131. The maximum absolute atomic E-state index is 14.6. The summed E-state index contributed by atoms with van der Waals surface area (Å²) < 4.78 is 21.3. The fourth-order valence-electron chi connectivity index (χ4n) is 4.74. The minimum Gasteiger partial charge on any atom is -0.507 e. The van der Waals surface area contributed by atoms with Crippen molar-refractivity contribution in [2.75, 3.05) is 20.2 Å². The zero-order chi connectivity index (χ0) is 27.7.